The summed E-state index contributed by atoms with van der Waals surface area (Å²) in [6.45, 7) is 1.82. The van der Waals surface area contributed by atoms with E-state index in [4.69, 9.17) is 0 Å². The Morgan fingerprint density at radius 2 is 1.86 bits per heavy atom. The average Bonchev–Trinajstić information content (AvgIpc) is 2.44. The molecular formula is C16H14BrF2NO. The van der Waals surface area contributed by atoms with Crippen LogP contribution in [-0.2, 0) is 6.42 Å². The zero-order chi connectivity index (χ0) is 15.4. The molecule has 0 aliphatic rings. The second-order valence-electron chi connectivity index (χ2n) is 4.81. The number of amides is 1. The van der Waals surface area contributed by atoms with E-state index in [1.165, 1.54) is 24.3 Å². The Balaban J connectivity index is 2.02. The van der Waals surface area contributed by atoms with Crippen LogP contribution in [0.4, 0.5) is 8.78 Å². The summed E-state index contributed by atoms with van der Waals surface area (Å²) in [5.41, 5.74) is 0.897. The third-order valence-corrected chi connectivity index (χ3v) is 3.64. The Hall–Kier alpha value is -1.75. The Bertz CT molecular complexity index is 643. The minimum Gasteiger partial charge on any atom is -0.349 e. The van der Waals surface area contributed by atoms with Gasteiger partial charge in [-0.25, -0.2) is 8.78 Å². The summed E-state index contributed by atoms with van der Waals surface area (Å²) in [6.07, 6.45) is 0.543. The van der Waals surface area contributed by atoms with Crippen molar-refractivity contribution >= 4 is 21.8 Å². The van der Waals surface area contributed by atoms with E-state index in [2.05, 4.69) is 21.2 Å². The van der Waals surface area contributed by atoms with Crippen LogP contribution in [0.15, 0.2) is 46.9 Å². The lowest BCUT2D eigenvalue weighted by Crippen LogP contribution is -2.34. The Morgan fingerprint density at radius 1 is 1.19 bits per heavy atom. The van der Waals surface area contributed by atoms with Crippen LogP contribution in [0.25, 0.3) is 0 Å². The van der Waals surface area contributed by atoms with Gasteiger partial charge in [0.25, 0.3) is 5.91 Å². The first-order valence-corrected chi connectivity index (χ1v) is 7.26. The van der Waals surface area contributed by atoms with Crippen LogP contribution in [0.2, 0.25) is 0 Å². The van der Waals surface area contributed by atoms with Crippen LogP contribution in [0.3, 0.4) is 0 Å². The molecule has 2 nitrogen and oxygen atoms in total. The van der Waals surface area contributed by atoms with Crippen molar-refractivity contribution in [1.29, 1.82) is 0 Å². The summed E-state index contributed by atoms with van der Waals surface area (Å²) in [5.74, 6) is -1.35. The second kappa shape index (κ2) is 6.80. The molecule has 5 heteroatoms. The SMILES string of the molecule is CC(Cc1ccc(F)cc1)NC(=O)c1cccc(Br)c1F. The van der Waals surface area contributed by atoms with Gasteiger partial charge >= 0.3 is 0 Å². The van der Waals surface area contributed by atoms with Crippen molar-refractivity contribution in [2.24, 2.45) is 0 Å². The lowest BCUT2D eigenvalue weighted by atomic mass is 10.1. The predicted molar refractivity (Wildman–Crippen MR) is 81.1 cm³/mol. The van der Waals surface area contributed by atoms with Gasteiger partial charge in [0.2, 0.25) is 0 Å². The van der Waals surface area contributed by atoms with Gasteiger partial charge < -0.3 is 5.32 Å². The lowest BCUT2D eigenvalue weighted by molar-refractivity contribution is 0.0936. The Morgan fingerprint density at radius 3 is 2.52 bits per heavy atom. The third-order valence-electron chi connectivity index (χ3n) is 3.03. The molecule has 0 heterocycles. The molecule has 2 aromatic carbocycles. The number of rotatable bonds is 4. The quantitative estimate of drug-likeness (QED) is 0.881. The van der Waals surface area contributed by atoms with Crippen molar-refractivity contribution < 1.29 is 13.6 Å². The molecule has 0 saturated heterocycles. The molecule has 0 spiro atoms. The first kappa shape index (κ1) is 15.6. The maximum atomic E-state index is 13.8. The molecule has 0 fully saturated rings. The van der Waals surface area contributed by atoms with E-state index in [1.807, 2.05) is 6.92 Å². The number of nitrogens with one attached hydrogen (secondary N) is 1. The molecule has 0 aliphatic heterocycles. The molecule has 1 atom stereocenters. The number of carbonyl (C=O) groups excluding carboxylic acids is 1. The molecular weight excluding hydrogens is 340 g/mol. The molecule has 1 amide bonds. The van der Waals surface area contributed by atoms with E-state index in [-0.39, 0.29) is 21.9 Å². The monoisotopic (exact) mass is 353 g/mol. The minimum atomic E-state index is -0.580. The van der Waals surface area contributed by atoms with Crippen molar-refractivity contribution in [3.63, 3.8) is 0 Å². The molecule has 1 unspecified atom stereocenters. The zero-order valence-corrected chi connectivity index (χ0v) is 13.0. The van der Waals surface area contributed by atoms with Gasteiger partial charge in [-0.2, -0.15) is 0 Å². The van der Waals surface area contributed by atoms with Crippen molar-refractivity contribution in [3.8, 4) is 0 Å². The van der Waals surface area contributed by atoms with Gasteiger partial charge in [0.05, 0.1) is 10.0 Å². The van der Waals surface area contributed by atoms with Gasteiger partial charge in [-0.15, -0.1) is 0 Å². The molecule has 0 radical (unpaired) electrons. The fourth-order valence-corrected chi connectivity index (χ4v) is 2.37. The molecule has 0 saturated carbocycles. The summed E-state index contributed by atoms with van der Waals surface area (Å²) in [4.78, 5) is 12.0. The number of carbonyl (C=O) groups is 1. The van der Waals surface area contributed by atoms with Gasteiger partial charge in [-0.05, 0) is 59.1 Å². The first-order chi connectivity index (χ1) is 9.97. The third kappa shape index (κ3) is 4.11. The highest BCUT2D eigenvalue weighted by atomic mass is 79.9. The predicted octanol–water partition coefficient (Wildman–Crippen LogP) is 4.09. The maximum absolute atomic E-state index is 13.8. The van der Waals surface area contributed by atoms with Crippen LogP contribution >= 0.6 is 15.9 Å². The summed E-state index contributed by atoms with van der Waals surface area (Å²) < 4.78 is 26.9. The molecule has 21 heavy (non-hydrogen) atoms. The summed E-state index contributed by atoms with van der Waals surface area (Å²) >= 11 is 3.05. The van der Waals surface area contributed by atoms with Gasteiger partial charge in [0.15, 0.2) is 0 Å². The molecule has 0 aromatic heterocycles. The van der Waals surface area contributed by atoms with Crippen LogP contribution in [0.1, 0.15) is 22.8 Å². The fourth-order valence-electron chi connectivity index (χ4n) is 2.01. The van der Waals surface area contributed by atoms with E-state index in [0.717, 1.165) is 5.56 Å². The Kier molecular flexibility index (Phi) is 5.07. The van der Waals surface area contributed by atoms with Crippen molar-refractivity contribution in [2.45, 2.75) is 19.4 Å². The van der Waals surface area contributed by atoms with Gasteiger partial charge in [0.1, 0.15) is 11.6 Å². The number of benzene rings is 2. The van der Waals surface area contributed by atoms with Gasteiger partial charge in [-0.3, -0.25) is 4.79 Å². The molecule has 1 N–H and O–H groups in total. The second-order valence-corrected chi connectivity index (χ2v) is 5.66. The number of hydrogen-bond donors (Lipinski definition) is 1. The van der Waals surface area contributed by atoms with Crippen molar-refractivity contribution in [1.82, 2.24) is 5.32 Å². The van der Waals surface area contributed by atoms with E-state index in [1.54, 1.807) is 18.2 Å². The maximum Gasteiger partial charge on any atom is 0.254 e. The topological polar surface area (TPSA) is 29.1 Å². The normalized spacial score (nSPS) is 12.0. The minimum absolute atomic E-state index is 0.00432. The van der Waals surface area contributed by atoms with E-state index in [0.29, 0.717) is 6.42 Å². The number of hydrogen-bond acceptors (Lipinski definition) is 1. The van der Waals surface area contributed by atoms with Crippen LogP contribution in [0.5, 0.6) is 0 Å². The molecule has 110 valence electrons. The average molecular weight is 354 g/mol. The highest BCUT2D eigenvalue weighted by Gasteiger charge is 2.16. The zero-order valence-electron chi connectivity index (χ0n) is 11.4. The van der Waals surface area contributed by atoms with Crippen LogP contribution < -0.4 is 5.32 Å². The molecule has 0 aliphatic carbocycles. The molecule has 2 aromatic rings. The summed E-state index contributed by atoms with van der Waals surface area (Å²) in [7, 11) is 0. The lowest BCUT2D eigenvalue weighted by Gasteiger charge is -2.14. The van der Waals surface area contributed by atoms with Gasteiger partial charge in [-0.1, -0.05) is 18.2 Å². The fraction of sp³-hybridized carbons (Fsp3) is 0.188. The largest absolute Gasteiger partial charge is 0.349 e. The van der Waals surface area contributed by atoms with Crippen LogP contribution in [0, 0.1) is 11.6 Å². The smallest absolute Gasteiger partial charge is 0.254 e. The molecule has 2 rings (SSSR count). The van der Waals surface area contributed by atoms with Crippen molar-refractivity contribution in [3.05, 3.63) is 69.7 Å². The molecule has 0 bridgehead atoms. The Labute approximate surface area is 130 Å². The van der Waals surface area contributed by atoms with Crippen molar-refractivity contribution in [2.75, 3.05) is 0 Å². The van der Waals surface area contributed by atoms with E-state index < -0.39 is 11.7 Å². The van der Waals surface area contributed by atoms with E-state index in [9.17, 15) is 13.6 Å². The number of halogens is 3. The first-order valence-electron chi connectivity index (χ1n) is 6.46. The van der Waals surface area contributed by atoms with Crippen LogP contribution in [-0.4, -0.2) is 11.9 Å². The summed E-state index contributed by atoms with van der Waals surface area (Å²) in [5, 5.41) is 2.73. The van der Waals surface area contributed by atoms with E-state index >= 15 is 0 Å². The highest BCUT2D eigenvalue weighted by molar-refractivity contribution is 9.10. The standard InChI is InChI=1S/C16H14BrF2NO/c1-10(9-11-5-7-12(18)8-6-11)20-16(21)13-3-2-4-14(17)15(13)19/h2-8,10H,9H2,1H3,(H,20,21). The summed E-state index contributed by atoms with van der Waals surface area (Å²) in [6, 6.07) is 10.5. The van der Waals surface area contributed by atoms with Gasteiger partial charge in [0, 0.05) is 6.04 Å². The highest BCUT2D eigenvalue weighted by Crippen LogP contribution is 2.18.